The van der Waals surface area contributed by atoms with E-state index in [0.717, 1.165) is 57.3 Å². The summed E-state index contributed by atoms with van der Waals surface area (Å²) in [5.74, 6) is -7.93. The fourth-order valence-corrected chi connectivity index (χ4v) is 22.2. The number of carboxylic acid groups (broad SMARTS) is 2. The Balaban J connectivity index is 0.633. The predicted octanol–water partition coefficient (Wildman–Crippen LogP) is 1.83. The number of H-pyrrole nitrogens is 3. The molecular formula is C87H117N16O23S2+. The SMILES string of the molecule is CCC1(O)CC2CCC(C(=O)OC)(c3cc4c(cc3OC)N(C)C3C(O)(C(=O)NNC(=O)OCCSSCC(NC(=O)C(CNC(=O)CCCCCCCCOC5CC(O)C(O)C(CO)O5)NC(=O)CCC(NC(=O)c5ccc(NCc6c[nH+]c7nc(N)[nH]c(=O)c7n6)cc5)C(=O)O)C(=O)O)C(O)C5(CC)C=CCN6CCC43C65)c3[nH]c4ccccc4c3CCN(C2)C1. The summed E-state index contributed by atoms with van der Waals surface area (Å²) in [6.07, 6.45) is 4.39. The largest absolute Gasteiger partial charge is 0.496 e. The third kappa shape index (κ3) is 19.9. The lowest BCUT2D eigenvalue weighted by Crippen LogP contribution is -2.82. The molecule has 9 heterocycles. The first-order chi connectivity index (χ1) is 61.4. The van der Waals surface area contributed by atoms with E-state index in [1.165, 1.54) is 32.5 Å². The fourth-order valence-electron chi connectivity index (χ4n) is 20.3. The van der Waals surface area contributed by atoms with Gasteiger partial charge in [-0.25, -0.2) is 29.8 Å². The molecule has 0 radical (unpaired) electrons. The molecule has 1 spiro atoms. The number of ether oxygens (including phenoxy) is 5. The number of anilines is 3. The van der Waals surface area contributed by atoms with E-state index in [1.54, 1.807) is 24.1 Å². The van der Waals surface area contributed by atoms with Crippen LogP contribution in [0.1, 0.15) is 155 Å². The van der Waals surface area contributed by atoms with Crippen molar-refractivity contribution in [2.24, 2.45) is 11.3 Å². The molecule has 3 aromatic carbocycles. The van der Waals surface area contributed by atoms with Gasteiger partial charge in [0.05, 0.1) is 50.8 Å². The zero-order chi connectivity index (χ0) is 91.6. The zero-order valence-corrected chi connectivity index (χ0v) is 73.8. The van der Waals surface area contributed by atoms with E-state index in [9.17, 15) is 79.2 Å². The number of esters is 1. The van der Waals surface area contributed by atoms with Crippen molar-refractivity contribution < 1.29 is 113 Å². The molecule has 694 valence electrons. The van der Waals surface area contributed by atoms with Gasteiger partial charge in [-0.15, -0.1) is 0 Å². The Hall–Kier alpha value is -10.3. The van der Waals surface area contributed by atoms with E-state index in [1.807, 2.05) is 62.4 Å². The number of carboxylic acids is 2. The number of rotatable bonds is 38. The number of unbranched alkanes of at least 4 members (excludes halogenated alkanes) is 5. The lowest BCUT2D eigenvalue weighted by Gasteiger charge is -2.63. The van der Waals surface area contributed by atoms with Gasteiger partial charge in [0, 0.05) is 139 Å². The molecule has 3 aromatic heterocycles. The molecule has 128 heavy (non-hydrogen) atoms. The molecule has 6 amide bonds. The highest BCUT2D eigenvalue weighted by molar-refractivity contribution is 8.76. The number of nitrogens with two attached hydrogens (primary N) is 1. The van der Waals surface area contributed by atoms with Gasteiger partial charge < -0.3 is 107 Å². The minimum atomic E-state index is -2.70. The standard InChI is InChI=1S/C87H116N16O23S2/c1-6-83(120)40-48-26-29-85(80(118)123-5,69-53(27-32-102(44-48)47-83)52-17-13-14-18-56(52)94-69)55-37-54-60(38-62(55)122-4)101(3)77-86(54)30-33-103-31-16-28-84(7-2,76(86)103)78(116)87(77,121)79(117)99-100-82(119)125-35-36-127-128-46-59(75(114)115)96-72(110)58(43-90-64(106)19-12-10-8-9-11-15-34-124-66-39-61(105)68(108)63(45-104)126-66)93-65(107)25-24-57(74(112)113)95-71(109)49-20-22-50(23-21-49)89-41-51-42-91-70-67(92-51)73(111)98-81(88)97-70/h13-14,16-18,20-23,28,37-38,42,48,57-59,61,63,66,68,76-78,89,94,104-105,108,116,120-121H,6-12,15,19,24-27,29-36,39-41,43-47H2,1-5H3,(H,90,106)(H,93,107)(H,95,109)(H,96,110)(H,99,117)(H,100,119)(H,112,113)(H,114,115)(H3,88,91,97,98,111)/p+1. The number of hydrogen-bond acceptors (Lipinski definition) is 30. The number of nitrogen functional groups attached to an aromatic ring is 1. The number of hydrogen-bond donors (Lipinski definition) is 18. The summed E-state index contributed by atoms with van der Waals surface area (Å²) < 4.78 is 29.1. The maximum Gasteiger partial charge on any atom is 0.426 e. The number of carbonyl (C=O) groups is 9. The Bertz CT molecular complexity index is 5150. The lowest BCUT2D eigenvalue weighted by atomic mass is 9.47. The average Bonchev–Trinajstić information content (AvgIpc) is 1.48. The normalized spacial score (nSPS) is 27.0. The Kier molecular flexibility index (Phi) is 30.7. The lowest BCUT2D eigenvalue weighted by molar-refractivity contribution is -0.349. The molecule has 1 aliphatic carbocycles. The van der Waals surface area contributed by atoms with Crippen LogP contribution in [-0.4, -0.2) is 288 Å². The van der Waals surface area contributed by atoms with Crippen molar-refractivity contribution in [2.45, 2.75) is 212 Å². The number of aliphatic hydroxyl groups is 6. The van der Waals surface area contributed by atoms with Gasteiger partial charge in [-0.1, -0.05) is 91.5 Å². The molecule has 3 saturated heterocycles. The average molecular weight is 1820 g/mol. The van der Waals surface area contributed by atoms with Gasteiger partial charge in [-0.2, -0.15) is 0 Å². The van der Waals surface area contributed by atoms with E-state index in [0.29, 0.717) is 130 Å². The van der Waals surface area contributed by atoms with Crippen LogP contribution >= 0.6 is 21.6 Å². The molecule has 17 atom stereocenters. The Labute approximate surface area is 745 Å². The predicted molar refractivity (Wildman–Crippen MR) is 469 cm³/mol. The van der Waals surface area contributed by atoms with Gasteiger partial charge in [-0.05, 0) is 129 Å². The number of carbonyl (C=O) groups excluding carboxylic acids is 7. The third-order valence-electron chi connectivity index (χ3n) is 26.5. The van der Waals surface area contributed by atoms with Crippen molar-refractivity contribution in [2.75, 3.05) is 108 Å². The molecule has 13 rings (SSSR count). The molecular weight excluding hydrogens is 1700 g/mol. The number of aromatic nitrogens is 5. The quantitative estimate of drug-likeness (QED) is 0.00864. The molecule has 17 unspecified atom stereocenters. The molecule has 4 fully saturated rings. The molecule has 7 aliphatic rings. The van der Waals surface area contributed by atoms with Crippen LogP contribution in [0.5, 0.6) is 5.75 Å². The smallest absolute Gasteiger partial charge is 0.426 e. The zero-order valence-electron chi connectivity index (χ0n) is 72.2. The minimum Gasteiger partial charge on any atom is -0.496 e. The summed E-state index contributed by atoms with van der Waals surface area (Å²) in [6, 6.07) is 11.1. The number of benzene rings is 3. The van der Waals surface area contributed by atoms with Crippen molar-refractivity contribution in [3.8, 4) is 5.75 Å². The number of nitrogens with zero attached hydrogens (tertiary/aromatic N) is 5. The summed E-state index contributed by atoms with van der Waals surface area (Å²) in [4.78, 5) is 161. The van der Waals surface area contributed by atoms with Crippen molar-refractivity contribution in [3.63, 3.8) is 0 Å². The number of para-hydroxylation sites is 1. The van der Waals surface area contributed by atoms with Crippen molar-refractivity contribution in [1.82, 2.24) is 61.9 Å². The first kappa shape index (κ1) is 95.3. The van der Waals surface area contributed by atoms with E-state index in [4.69, 9.17) is 29.4 Å². The molecule has 6 aliphatic heterocycles. The molecule has 39 nitrogen and oxygen atoms in total. The summed E-state index contributed by atoms with van der Waals surface area (Å²) in [7, 11) is 6.66. The number of fused-ring (bicyclic) bond motifs is 7. The summed E-state index contributed by atoms with van der Waals surface area (Å²) in [5.41, 5.74) is 7.52. The summed E-state index contributed by atoms with van der Waals surface area (Å²) in [6.45, 7) is 5.85. The number of methoxy groups -OCH3 is 2. The van der Waals surface area contributed by atoms with Crippen molar-refractivity contribution >= 4 is 115 Å². The summed E-state index contributed by atoms with van der Waals surface area (Å²) >= 11 is 0. The molecule has 41 heteroatoms. The monoisotopic (exact) mass is 1820 g/mol. The number of likely N-dealkylation sites (N-methyl/N-ethyl adjacent to an activating group) is 1. The van der Waals surface area contributed by atoms with Gasteiger partial charge in [0.2, 0.25) is 23.2 Å². The van der Waals surface area contributed by atoms with Gasteiger partial charge in [0.15, 0.2) is 11.9 Å². The highest BCUT2D eigenvalue weighted by Crippen LogP contribution is 2.68. The second-order valence-corrected chi connectivity index (χ2v) is 36.9. The molecule has 6 aromatic rings. The van der Waals surface area contributed by atoms with Gasteiger partial charge in [0.25, 0.3) is 17.4 Å². The Morgan fingerprint density at radius 2 is 1.58 bits per heavy atom. The van der Waals surface area contributed by atoms with E-state index >= 15 is 9.59 Å². The maximum atomic E-state index is 15.6. The highest BCUT2D eigenvalue weighted by atomic mass is 33.1. The number of nitrogens with one attached hydrogen (secondary N) is 10. The van der Waals surface area contributed by atoms with Crippen LogP contribution in [0.3, 0.4) is 0 Å². The van der Waals surface area contributed by atoms with Crippen LogP contribution in [0.2, 0.25) is 0 Å². The van der Waals surface area contributed by atoms with Gasteiger partial charge in [0.1, 0.15) is 60.4 Å². The second kappa shape index (κ2) is 41.2. The first-order valence-corrected chi connectivity index (χ1v) is 46.0. The number of hydrazine groups is 1. The van der Waals surface area contributed by atoms with Crippen LogP contribution in [0, 0.1) is 11.3 Å². The number of aromatic amines is 3. The highest BCUT2D eigenvalue weighted by Gasteiger charge is 2.79. The van der Waals surface area contributed by atoms with Crippen LogP contribution in [0.4, 0.5) is 22.1 Å². The first-order valence-electron chi connectivity index (χ1n) is 43.6. The second-order valence-electron chi connectivity index (χ2n) is 34.3. The number of amides is 6. The maximum absolute atomic E-state index is 15.6. The number of aliphatic hydroxyl groups excluding tert-OH is 4. The van der Waals surface area contributed by atoms with Crippen molar-refractivity contribution in [1.29, 1.82) is 0 Å². The van der Waals surface area contributed by atoms with Crippen LogP contribution in [-0.2, 0) is 76.3 Å². The van der Waals surface area contributed by atoms with Gasteiger partial charge >= 0.3 is 35.6 Å². The van der Waals surface area contributed by atoms with E-state index in [2.05, 4.69) is 72.2 Å². The van der Waals surface area contributed by atoms with E-state index in [-0.39, 0.29) is 78.9 Å². The molecule has 20 N–H and O–H groups in total. The van der Waals surface area contributed by atoms with Crippen LogP contribution < -0.4 is 63.3 Å². The minimum absolute atomic E-state index is 0.00520. The third-order valence-corrected chi connectivity index (χ3v) is 28.9. The Morgan fingerprint density at radius 3 is 2.31 bits per heavy atom. The van der Waals surface area contributed by atoms with Crippen LogP contribution in [0.25, 0.3) is 22.1 Å². The topological polar surface area (TPSA) is 570 Å². The van der Waals surface area contributed by atoms with Gasteiger partial charge in [-0.3, -0.25) is 53.8 Å². The fraction of sp³-hybridized carbons (Fsp3) is 0.575. The number of aliphatic carboxylic acids is 2. The number of piperidine rings is 1. The molecule has 2 bridgehead atoms. The summed E-state index contributed by atoms with van der Waals surface area (Å²) in [5, 5.41) is 103. The van der Waals surface area contributed by atoms with E-state index < -0.39 is 173 Å². The Morgan fingerprint density at radius 1 is 0.820 bits per heavy atom. The molecule has 1 saturated carbocycles. The van der Waals surface area contributed by atoms with Crippen molar-refractivity contribution in [3.05, 3.63) is 123 Å². The van der Waals surface area contributed by atoms with Crippen LogP contribution in [0.15, 0.2) is 83.8 Å².